The molecule has 2 rings (SSSR count). The van der Waals surface area contributed by atoms with Crippen molar-refractivity contribution in [1.29, 1.82) is 0 Å². The van der Waals surface area contributed by atoms with E-state index in [-0.39, 0.29) is 0 Å². The number of rotatable bonds is 9. The van der Waals surface area contributed by atoms with Gasteiger partial charge in [-0.2, -0.15) is 0 Å². The molecule has 1 aromatic rings. The molecule has 2 nitrogen and oxygen atoms in total. The predicted molar refractivity (Wildman–Crippen MR) is 89.8 cm³/mol. The summed E-state index contributed by atoms with van der Waals surface area (Å²) >= 11 is 0. The normalized spacial score (nSPS) is 17.5. The molecule has 0 spiro atoms. The molecule has 0 unspecified atom stereocenters. The predicted octanol–water partition coefficient (Wildman–Crippen LogP) is 4.25. The second-order valence-corrected chi connectivity index (χ2v) is 6.24. The third-order valence-corrected chi connectivity index (χ3v) is 5.12. The summed E-state index contributed by atoms with van der Waals surface area (Å²) in [5, 5.41) is 0. The van der Waals surface area contributed by atoms with Gasteiger partial charge in [-0.25, -0.2) is 0 Å². The van der Waals surface area contributed by atoms with Crippen molar-refractivity contribution in [3.8, 4) is 0 Å². The summed E-state index contributed by atoms with van der Waals surface area (Å²) in [5.41, 5.74) is 1.91. The van der Waals surface area contributed by atoms with Crippen molar-refractivity contribution in [3.05, 3.63) is 35.9 Å². The first-order chi connectivity index (χ1) is 10.3. The van der Waals surface area contributed by atoms with Gasteiger partial charge >= 0.3 is 0 Å². The van der Waals surface area contributed by atoms with Gasteiger partial charge in [0.1, 0.15) is 0 Å². The van der Waals surface area contributed by atoms with E-state index in [2.05, 4.69) is 49.1 Å². The molecule has 0 aliphatic heterocycles. The van der Waals surface area contributed by atoms with Crippen molar-refractivity contribution in [2.24, 2.45) is 0 Å². The van der Waals surface area contributed by atoms with Gasteiger partial charge in [-0.05, 0) is 43.3 Å². The summed E-state index contributed by atoms with van der Waals surface area (Å²) < 4.78 is 5.93. The van der Waals surface area contributed by atoms with E-state index in [1.54, 1.807) is 0 Å². The van der Waals surface area contributed by atoms with Crippen molar-refractivity contribution in [2.45, 2.75) is 51.4 Å². The first kappa shape index (κ1) is 16.5. The summed E-state index contributed by atoms with van der Waals surface area (Å²) in [6, 6.07) is 11.1. The maximum atomic E-state index is 5.93. The second-order valence-electron chi connectivity index (χ2n) is 6.24. The Kier molecular flexibility index (Phi) is 6.72. The smallest absolute Gasteiger partial charge is 0.0593 e. The number of ether oxygens (including phenoxy) is 1. The van der Waals surface area contributed by atoms with Gasteiger partial charge in [0, 0.05) is 13.2 Å². The lowest BCUT2D eigenvalue weighted by Crippen LogP contribution is -2.28. The maximum absolute atomic E-state index is 5.93. The van der Waals surface area contributed by atoms with Gasteiger partial charge in [0.15, 0.2) is 0 Å². The van der Waals surface area contributed by atoms with Crippen molar-refractivity contribution in [3.63, 3.8) is 0 Å². The molecule has 1 aliphatic rings. The zero-order chi connectivity index (χ0) is 15.0. The summed E-state index contributed by atoms with van der Waals surface area (Å²) in [5.74, 6) is 0. The van der Waals surface area contributed by atoms with Crippen LogP contribution in [0.4, 0.5) is 0 Å². The van der Waals surface area contributed by atoms with Gasteiger partial charge in [0.25, 0.3) is 0 Å². The maximum Gasteiger partial charge on any atom is 0.0593 e. The first-order valence-electron chi connectivity index (χ1n) is 8.66. The molecular formula is C19H31NO. The minimum absolute atomic E-state index is 0.385. The van der Waals surface area contributed by atoms with Gasteiger partial charge < -0.3 is 9.64 Å². The average Bonchev–Trinajstić information content (AvgIpc) is 3.02. The zero-order valence-electron chi connectivity index (χ0n) is 13.8. The molecule has 0 aromatic heterocycles. The van der Waals surface area contributed by atoms with Crippen molar-refractivity contribution >= 4 is 0 Å². The van der Waals surface area contributed by atoms with Crippen LogP contribution >= 0.6 is 0 Å². The molecule has 0 bridgehead atoms. The lowest BCUT2D eigenvalue weighted by Gasteiger charge is -2.30. The van der Waals surface area contributed by atoms with Gasteiger partial charge in [-0.15, -0.1) is 0 Å². The van der Waals surface area contributed by atoms with E-state index in [9.17, 15) is 0 Å². The highest BCUT2D eigenvalue weighted by Gasteiger charge is 2.34. The Morgan fingerprint density at radius 3 is 2.29 bits per heavy atom. The van der Waals surface area contributed by atoms with E-state index in [0.29, 0.717) is 5.41 Å². The molecule has 1 saturated carbocycles. The van der Waals surface area contributed by atoms with Crippen LogP contribution in [-0.2, 0) is 10.2 Å². The van der Waals surface area contributed by atoms with E-state index < -0.39 is 0 Å². The van der Waals surface area contributed by atoms with Gasteiger partial charge in [-0.1, -0.05) is 57.0 Å². The lowest BCUT2D eigenvalue weighted by atomic mass is 9.76. The van der Waals surface area contributed by atoms with E-state index in [1.165, 1.54) is 37.7 Å². The van der Waals surface area contributed by atoms with Crippen LogP contribution in [-0.4, -0.2) is 37.7 Å². The van der Waals surface area contributed by atoms with Gasteiger partial charge in [-0.3, -0.25) is 0 Å². The molecule has 0 radical (unpaired) electrons. The molecule has 0 heterocycles. The van der Waals surface area contributed by atoms with Crippen molar-refractivity contribution < 1.29 is 4.74 Å². The zero-order valence-corrected chi connectivity index (χ0v) is 13.8. The average molecular weight is 289 g/mol. The Bertz CT molecular complexity index is 380. The Hall–Kier alpha value is -0.860. The first-order valence-corrected chi connectivity index (χ1v) is 8.66. The van der Waals surface area contributed by atoms with Crippen LogP contribution in [0.5, 0.6) is 0 Å². The lowest BCUT2D eigenvalue weighted by molar-refractivity contribution is 0.0918. The molecule has 1 aliphatic carbocycles. The van der Waals surface area contributed by atoms with E-state index in [0.717, 1.165) is 32.8 Å². The summed E-state index contributed by atoms with van der Waals surface area (Å²) in [7, 11) is 0. The molecule has 0 N–H and O–H groups in total. The van der Waals surface area contributed by atoms with E-state index >= 15 is 0 Å². The van der Waals surface area contributed by atoms with Gasteiger partial charge in [0.05, 0.1) is 6.61 Å². The highest BCUT2D eigenvalue weighted by Crippen LogP contribution is 2.43. The number of nitrogens with zero attached hydrogens (tertiary/aromatic N) is 1. The summed E-state index contributed by atoms with van der Waals surface area (Å²) in [6.07, 6.45) is 6.57. The fourth-order valence-corrected chi connectivity index (χ4v) is 3.63. The Labute approximate surface area is 130 Å². The summed E-state index contributed by atoms with van der Waals surface area (Å²) in [6.45, 7) is 9.49. The van der Waals surface area contributed by atoms with Crippen LogP contribution in [0.1, 0.15) is 51.5 Å². The fourth-order valence-electron chi connectivity index (χ4n) is 3.63. The highest BCUT2D eigenvalue weighted by atomic mass is 16.5. The molecule has 21 heavy (non-hydrogen) atoms. The monoisotopic (exact) mass is 289 g/mol. The highest BCUT2D eigenvalue weighted by molar-refractivity contribution is 5.26. The number of benzene rings is 1. The second kappa shape index (κ2) is 8.55. The Balaban J connectivity index is 1.79. The minimum atomic E-state index is 0.385. The number of likely N-dealkylation sites (N-methyl/N-ethyl adjacent to an activating group) is 1. The number of hydrogen-bond acceptors (Lipinski definition) is 2. The molecule has 1 fully saturated rings. The van der Waals surface area contributed by atoms with Crippen LogP contribution < -0.4 is 0 Å². The Morgan fingerprint density at radius 1 is 1.00 bits per heavy atom. The molecule has 118 valence electrons. The third kappa shape index (κ3) is 4.55. The molecular weight excluding hydrogens is 258 g/mol. The fraction of sp³-hybridized carbons (Fsp3) is 0.684. The quantitative estimate of drug-likeness (QED) is 0.630. The topological polar surface area (TPSA) is 12.5 Å². The molecule has 0 amide bonds. The third-order valence-electron chi connectivity index (χ3n) is 5.12. The largest absolute Gasteiger partial charge is 0.380 e. The summed E-state index contributed by atoms with van der Waals surface area (Å²) in [4.78, 5) is 2.42. The van der Waals surface area contributed by atoms with Crippen molar-refractivity contribution in [2.75, 3.05) is 32.8 Å². The van der Waals surface area contributed by atoms with Crippen LogP contribution in [0.2, 0.25) is 0 Å². The van der Waals surface area contributed by atoms with Crippen LogP contribution in [0.25, 0.3) is 0 Å². The molecule has 0 saturated heterocycles. The molecule has 1 aromatic carbocycles. The van der Waals surface area contributed by atoms with Crippen LogP contribution in [0.3, 0.4) is 0 Å². The number of hydrogen-bond donors (Lipinski definition) is 0. The van der Waals surface area contributed by atoms with E-state index in [4.69, 9.17) is 4.74 Å². The van der Waals surface area contributed by atoms with Crippen LogP contribution in [0.15, 0.2) is 30.3 Å². The van der Waals surface area contributed by atoms with Gasteiger partial charge in [0.2, 0.25) is 0 Å². The minimum Gasteiger partial charge on any atom is -0.380 e. The standard InChI is InChI=1S/C19H31NO/c1-3-20(4-2)15-17-21-16-14-19(12-8-9-13-19)18-10-6-5-7-11-18/h5-7,10-11H,3-4,8-9,12-17H2,1-2H3. The van der Waals surface area contributed by atoms with Crippen molar-refractivity contribution in [1.82, 2.24) is 4.90 Å². The Morgan fingerprint density at radius 2 is 1.67 bits per heavy atom. The van der Waals surface area contributed by atoms with E-state index in [1.807, 2.05) is 0 Å². The molecule has 0 atom stereocenters. The molecule has 2 heteroatoms. The SMILES string of the molecule is CCN(CC)CCOCCC1(c2ccccc2)CCCC1. The van der Waals surface area contributed by atoms with Crippen LogP contribution in [0, 0.1) is 0 Å².